The maximum Gasteiger partial charge on any atom is 0.410 e. The number of phenols is 1. The minimum absolute atomic E-state index is 0.0766. The Hall–Kier alpha value is -6.78. The quantitative estimate of drug-likeness (QED) is 0.0345. The Morgan fingerprint density at radius 2 is 1.47 bits per heavy atom. The van der Waals surface area contributed by atoms with Crippen molar-refractivity contribution in [2.75, 3.05) is 32.8 Å². The Kier molecular flexibility index (Phi) is 17.5. The van der Waals surface area contributed by atoms with Crippen LogP contribution >= 0.6 is 0 Å². The summed E-state index contributed by atoms with van der Waals surface area (Å²) >= 11 is 0. The molecule has 1 saturated heterocycles. The van der Waals surface area contributed by atoms with Crippen LogP contribution in [0, 0.1) is 0 Å². The van der Waals surface area contributed by atoms with Gasteiger partial charge in [0.1, 0.15) is 23.2 Å². The number of H-pyrrole nitrogens is 1. The number of carbonyl (C=O) groups excluding carboxylic acids is 3. The fraction of sp³-hybridized carbons (Fsp3) is 0.390. The molecule has 15 heteroatoms. The molecule has 5 aromatic carbocycles. The van der Waals surface area contributed by atoms with E-state index in [2.05, 4.69) is 61.2 Å². The van der Waals surface area contributed by atoms with Gasteiger partial charge in [0, 0.05) is 55.3 Å². The van der Waals surface area contributed by atoms with Gasteiger partial charge >= 0.3 is 12.1 Å². The van der Waals surface area contributed by atoms with Gasteiger partial charge in [0.2, 0.25) is 11.2 Å². The van der Waals surface area contributed by atoms with Crippen molar-refractivity contribution in [1.29, 1.82) is 0 Å². The predicted molar refractivity (Wildman–Crippen MR) is 290 cm³/mol. The summed E-state index contributed by atoms with van der Waals surface area (Å²) in [5.41, 5.74) is 0.883. The van der Waals surface area contributed by atoms with Gasteiger partial charge in [-0.25, -0.2) is 9.59 Å². The lowest BCUT2D eigenvalue weighted by Crippen LogP contribution is -2.45. The molecule has 1 aliphatic rings. The van der Waals surface area contributed by atoms with Crippen LogP contribution in [-0.4, -0.2) is 95.8 Å². The first-order chi connectivity index (χ1) is 35.1. The molecule has 0 bridgehead atoms. The van der Waals surface area contributed by atoms with E-state index in [1.807, 2.05) is 24.3 Å². The molecule has 0 radical (unpaired) electrons. The maximum absolute atomic E-state index is 14.0. The van der Waals surface area contributed by atoms with Crippen LogP contribution in [-0.2, 0) is 37.4 Å². The Balaban J connectivity index is 0.968. The number of ether oxygens (including phenoxy) is 3. The number of rotatable bonds is 19. The number of nitrogens with one attached hydrogen (secondary N) is 2. The highest BCUT2D eigenvalue weighted by Crippen LogP contribution is 2.42. The number of aromatic amines is 1. The molecule has 2 atom stereocenters. The molecule has 1 fully saturated rings. The number of amides is 2. The number of aliphatic hydroxyl groups is 1. The standard InChI is InChI=1S/C59H72N4O10Si/c1-57(2,3)72-56(68)63(40-51(73-74(7,8)58(4,5)6)48-27-29-50(64)53-49(48)28-30-52(65)61-53)39-42-23-25-43(26-24-42)54(66)60-33-16-36-70-47-22-15-21-45(37-47)59(69,44-19-13-10-14-20-44)55(67)71-46-31-34-62(35-32-46)38-41-17-11-9-12-18-41/h9-15,17-30,37,46,51,64,69H,16,31-36,38-40H2,1-8H3,(H,60,66)(H,61,65)/t51-,59-/m0/s1. The fourth-order valence-electron chi connectivity index (χ4n) is 8.71. The molecule has 2 amide bonds. The van der Waals surface area contributed by atoms with Crippen molar-refractivity contribution >= 4 is 37.2 Å². The van der Waals surface area contributed by atoms with E-state index in [0.717, 1.165) is 25.2 Å². The molecule has 0 saturated carbocycles. The average molecular weight is 1030 g/mol. The number of hydrogen-bond acceptors (Lipinski definition) is 11. The van der Waals surface area contributed by atoms with E-state index in [-0.39, 0.29) is 53.6 Å². The third kappa shape index (κ3) is 14.1. The van der Waals surface area contributed by atoms with E-state index in [1.165, 1.54) is 17.7 Å². The zero-order valence-corrected chi connectivity index (χ0v) is 45.0. The van der Waals surface area contributed by atoms with Gasteiger partial charge in [-0.2, -0.15) is 0 Å². The number of hydrogen-bond donors (Lipinski definition) is 4. The minimum atomic E-state index is -2.49. The van der Waals surface area contributed by atoms with Crippen molar-refractivity contribution in [3.05, 3.63) is 177 Å². The number of aromatic nitrogens is 1. The molecule has 4 N–H and O–H groups in total. The zero-order chi connectivity index (χ0) is 53.3. The Morgan fingerprint density at radius 1 is 0.811 bits per heavy atom. The lowest BCUT2D eigenvalue weighted by Gasteiger charge is -2.41. The van der Waals surface area contributed by atoms with Crippen molar-refractivity contribution in [2.24, 2.45) is 0 Å². The lowest BCUT2D eigenvalue weighted by molar-refractivity contribution is -0.170. The number of fused-ring (bicyclic) bond motifs is 1. The summed E-state index contributed by atoms with van der Waals surface area (Å²) in [6.07, 6.45) is 0.236. The molecular weight excluding hydrogens is 953 g/mol. The normalized spacial score (nSPS) is 14.9. The maximum atomic E-state index is 14.0. The summed E-state index contributed by atoms with van der Waals surface area (Å²) in [4.78, 5) is 60.4. The van der Waals surface area contributed by atoms with E-state index in [0.29, 0.717) is 59.2 Å². The molecule has 0 aliphatic carbocycles. The molecule has 14 nitrogen and oxygen atoms in total. The second-order valence-electron chi connectivity index (χ2n) is 21.6. The monoisotopic (exact) mass is 1020 g/mol. The Morgan fingerprint density at radius 3 is 2.14 bits per heavy atom. The number of phenolic OH excluding ortho intramolecular Hbond substituents is 1. The Bertz CT molecular complexity index is 2910. The van der Waals surface area contributed by atoms with Crippen LogP contribution in [0.1, 0.15) is 105 Å². The van der Waals surface area contributed by atoms with Gasteiger partial charge in [0.05, 0.1) is 24.8 Å². The summed E-state index contributed by atoms with van der Waals surface area (Å²) < 4.78 is 25.1. The largest absolute Gasteiger partial charge is 0.506 e. The number of aromatic hydroxyl groups is 1. The van der Waals surface area contributed by atoms with Gasteiger partial charge in [-0.05, 0) is 117 Å². The van der Waals surface area contributed by atoms with E-state index in [9.17, 15) is 29.4 Å². The summed E-state index contributed by atoms with van der Waals surface area (Å²) in [6.45, 7) is 19.2. The summed E-state index contributed by atoms with van der Waals surface area (Å²) in [5.74, 6) is -0.645. The number of esters is 1. The Labute approximate surface area is 435 Å². The predicted octanol–water partition coefficient (Wildman–Crippen LogP) is 10.4. The molecule has 1 aliphatic heterocycles. The lowest BCUT2D eigenvalue weighted by atomic mass is 9.86. The van der Waals surface area contributed by atoms with Crippen molar-refractivity contribution in [1.82, 2.24) is 20.1 Å². The molecule has 74 heavy (non-hydrogen) atoms. The molecule has 2 heterocycles. The molecule has 1 aromatic heterocycles. The third-order valence-electron chi connectivity index (χ3n) is 13.8. The summed E-state index contributed by atoms with van der Waals surface area (Å²) in [5, 5.41) is 26.4. The van der Waals surface area contributed by atoms with E-state index in [1.54, 1.807) is 111 Å². The second kappa shape index (κ2) is 23.6. The topological polar surface area (TPSA) is 180 Å². The number of carbonyl (C=O) groups is 3. The highest BCUT2D eigenvalue weighted by atomic mass is 28.4. The van der Waals surface area contributed by atoms with Crippen molar-refractivity contribution < 1.29 is 43.2 Å². The van der Waals surface area contributed by atoms with Crippen LogP contribution in [0.2, 0.25) is 18.1 Å². The molecule has 0 unspecified atom stereocenters. The van der Waals surface area contributed by atoms with Gasteiger partial charge in [-0.1, -0.05) is 112 Å². The van der Waals surface area contributed by atoms with Crippen LogP contribution in [0.5, 0.6) is 11.5 Å². The van der Waals surface area contributed by atoms with Gasteiger partial charge in [0.15, 0.2) is 8.32 Å². The van der Waals surface area contributed by atoms with Crippen LogP contribution in [0.15, 0.2) is 138 Å². The van der Waals surface area contributed by atoms with Crippen LogP contribution in [0.4, 0.5) is 4.79 Å². The van der Waals surface area contributed by atoms with Crippen molar-refractivity contribution in [2.45, 2.75) is 115 Å². The number of likely N-dealkylation sites (tertiary alicyclic amines) is 1. The van der Waals surface area contributed by atoms with Gasteiger partial charge < -0.3 is 44.1 Å². The highest BCUT2D eigenvalue weighted by molar-refractivity contribution is 6.74. The first kappa shape index (κ1) is 55.0. The smallest absolute Gasteiger partial charge is 0.410 e. The highest BCUT2D eigenvalue weighted by Gasteiger charge is 2.44. The summed E-state index contributed by atoms with van der Waals surface area (Å²) in [7, 11) is -2.49. The third-order valence-corrected chi connectivity index (χ3v) is 18.3. The summed E-state index contributed by atoms with van der Waals surface area (Å²) in [6, 6.07) is 39.3. The first-order valence-corrected chi connectivity index (χ1v) is 28.4. The zero-order valence-electron chi connectivity index (χ0n) is 44.0. The van der Waals surface area contributed by atoms with Gasteiger partial charge in [-0.15, -0.1) is 0 Å². The number of nitrogens with zero attached hydrogens (tertiary/aromatic N) is 2. The van der Waals surface area contributed by atoms with Gasteiger partial charge in [-0.3, -0.25) is 14.5 Å². The van der Waals surface area contributed by atoms with Crippen LogP contribution in [0.3, 0.4) is 0 Å². The molecule has 6 aromatic rings. The van der Waals surface area contributed by atoms with E-state index < -0.39 is 37.7 Å². The number of benzene rings is 5. The number of piperidine rings is 1. The van der Waals surface area contributed by atoms with Crippen LogP contribution < -0.4 is 15.6 Å². The van der Waals surface area contributed by atoms with Crippen molar-refractivity contribution in [3.63, 3.8) is 0 Å². The fourth-order valence-corrected chi connectivity index (χ4v) is 9.97. The van der Waals surface area contributed by atoms with E-state index in [4.69, 9.17) is 18.6 Å². The average Bonchev–Trinajstić information content (AvgIpc) is 3.36. The molecule has 7 rings (SSSR count). The minimum Gasteiger partial charge on any atom is -0.506 e. The first-order valence-electron chi connectivity index (χ1n) is 25.5. The molecule has 0 spiro atoms. The van der Waals surface area contributed by atoms with Crippen molar-refractivity contribution in [3.8, 4) is 11.5 Å². The van der Waals surface area contributed by atoms with Crippen LogP contribution in [0.25, 0.3) is 10.9 Å². The van der Waals surface area contributed by atoms with Gasteiger partial charge in [0.25, 0.3) is 5.91 Å². The SMILES string of the molecule is CC(C)(C)OC(=O)N(Cc1ccc(C(=O)NCCCOc2cccc([C@](O)(C(=O)OC3CCN(Cc4ccccc4)CC3)c3ccccc3)c2)cc1)C[C@H](O[Si](C)(C)C(C)(C)C)c1ccc(O)c2[nH]c(=O)ccc12. The second-order valence-corrected chi connectivity index (χ2v) is 26.4. The molecule has 392 valence electrons. The number of pyridine rings is 1. The van der Waals surface area contributed by atoms with E-state index >= 15 is 0 Å². The molecular formula is C59H72N4O10Si.